The van der Waals surface area contributed by atoms with Crippen LogP contribution in [0.5, 0.6) is 0 Å². The molecule has 17 heavy (non-hydrogen) atoms. The minimum atomic E-state index is 0.527. The Balaban J connectivity index is 2.27. The van der Waals surface area contributed by atoms with E-state index in [2.05, 4.69) is 38.1 Å². The summed E-state index contributed by atoms with van der Waals surface area (Å²) in [5.41, 5.74) is 3.91. The molecular formula is C14H20N2O. The van der Waals surface area contributed by atoms with E-state index in [1.165, 1.54) is 16.7 Å². The van der Waals surface area contributed by atoms with Crippen molar-refractivity contribution in [3.8, 4) is 0 Å². The highest BCUT2D eigenvalue weighted by atomic mass is 16.5. The van der Waals surface area contributed by atoms with Gasteiger partial charge in [-0.2, -0.15) is 5.10 Å². The molecule has 1 aliphatic carbocycles. The van der Waals surface area contributed by atoms with Gasteiger partial charge in [0.1, 0.15) is 5.76 Å². The van der Waals surface area contributed by atoms with Crippen LogP contribution >= 0.6 is 0 Å². The lowest BCUT2D eigenvalue weighted by molar-refractivity contribution is 0.288. The monoisotopic (exact) mass is 232 g/mol. The molecule has 0 aliphatic heterocycles. The normalized spacial score (nSPS) is 20.5. The molecule has 92 valence electrons. The topological polar surface area (TPSA) is 27.1 Å². The van der Waals surface area contributed by atoms with E-state index in [1.54, 1.807) is 7.11 Å². The van der Waals surface area contributed by atoms with Crippen LogP contribution in [0.4, 0.5) is 0 Å². The molecular weight excluding hydrogens is 212 g/mol. The number of allylic oxidation sites excluding steroid dienone is 3. The van der Waals surface area contributed by atoms with Crippen molar-refractivity contribution >= 4 is 0 Å². The third-order valence-electron chi connectivity index (χ3n) is 3.23. The molecule has 0 aromatic carbocycles. The minimum absolute atomic E-state index is 0.527. The molecule has 0 fully saturated rings. The molecule has 0 spiro atoms. The molecule has 0 N–H and O–H groups in total. The van der Waals surface area contributed by atoms with Crippen molar-refractivity contribution in [3.05, 3.63) is 40.9 Å². The van der Waals surface area contributed by atoms with Crippen molar-refractivity contribution in [3.63, 3.8) is 0 Å². The lowest BCUT2D eigenvalue weighted by Gasteiger charge is -2.24. The van der Waals surface area contributed by atoms with Crippen LogP contribution in [0, 0.1) is 12.8 Å². The molecule has 1 heterocycles. The van der Waals surface area contributed by atoms with E-state index in [4.69, 9.17) is 4.74 Å². The number of ether oxygens (including phenoxy) is 1. The first-order valence-electron chi connectivity index (χ1n) is 6.03. The van der Waals surface area contributed by atoms with Crippen molar-refractivity contribution in [1.82, 2.24) is 9.78 Å². The Labute approximate surface area is 103 Å². The summed E-state index contributed by atoms with van der Waals surface area (Å²) in [6, 6.07) is 0. The number of hydrogen-bond donors (Lipinski definition) is 0. The Kier molecular flexibility index (Phi) is 3.36. The number of aryl methyl sites for hydroxylation is 1. The van der Waals surface area contributed by atoms with Crippen LogP contribution in [-0.2, 0) is 11.3 Å². The highest BCUT2D eigenvalue weighted by Crippen LogP contribution is 2.30. The molecule has 1 aliphatic rings. The fourth-order valence-electron chi connectivity index (χ4n) is 2.38. The van der Waals surface area contributed by atoms with Gasteiger partial charge in [-0.1, -0.05) is 12.5 Å². The van der Waals surface area contributed by atoms with Gasteiger partial charge in [0.15, 0.2) is 0 Å². The van der Waals surface area contributed by atoms with Crippen LogP contribution < -0.4 is 0 Å². The fraction of sp³-hybridized carbons (Fsp3) is 0.500. The average Bonchev–Trinajstić information content (AvgIpc) is 2.67. The van der Waals surface area contributed by atoms with Crippen molar-refractivity contribution in [1.29, 1.82) is 0 Å². The molecule has 1 aromatic rings. The summed E-state index contributed by atoms with van der Waals surface area (Å²) < 4.78 is 7.47. The van der Waals surface area contributed by atoms with E-state index in [0.717, 1.165) is 18.7 Å². The number of methoxy groups -OCH3 is 1. The second-order valence-corrected chi connectivity index (χ2v) is 4.90. The van der Waals surface area contributed by atoms with Gasteiger partial charge in [-0.25, -0.2) is 0 Å². The molecule has 1 unspecified atom stereocenters. The highest BCUT2D eigenvalue weighted by Gasteiger charge is 2.20. The van der Waals surface area contributed by atoms with Crippen molar-refractivity contribution in [2.75, 3.05) is 7.11 Å². The van der Waals surface area contributed by atoms with Gasteiger partial charge >= 0.3 is 0 Å². The van der Waals surface area contributed by atoms with Gasteiger partial charge in [0.25, 0.3) is 0 Å². The quantitative estimate of drug-likeness (QED) is 0.800. The second kappa shape index (κ2) is 4.78. The molecule has 0 saturated heterocycles. The van der Waals surface area contributed by atoms with Gasteiger partial charge in [-0.05, 0) is 43.4 Å². The Morgan fingerprint density at radius 2 is 2.24 bits per heavy atom. The largest absolute Gasteiger partial charge is 0.497 e. The van der Waals surface area contributed by atoms with E-state index >= 15 is 0 Å². The molecule has 3 nitrogen and oxygen atoms in total. The zero-order chi connectivity index (χ0) is 12.4. The maximum Gasteiger partial charge on any atom is 0.120 e. The fourth-order valence-corrected chi connectivity index (χ4v) is 2.38. The minimum Gasteiger partial charge on any atom is -0.497 e. The smallest absolute Gasteiger partial charge is 0.120 e. The molecule has 0 amide bonds. The molecule has 0 saturated carbocycles. The lowest BCUT2D eigenvalue weighted by Crippen LogP contribution is -2.15. The van der Waals surface area contributed by atoms with Crippen LogP contribution in [0.15, 0.2) is 35.4 Å². The first-order chi connectivity index (χ1) is 8.10. The van der Waals surface area contributed by atoms with Crippen LogP contribution in [0.1, 0.15) is 25.8 Å². The average molecular weight is 232 g/mol. The zero-order valence-electron chi connectivity index (χ0n) is 11.0. The van der Waals surface area contributed by atoms with E-state index < -0.39 is 0 Å². The number of nitrogens with zero attached hydrogens (tertiary/aromatic N) is 2. The molecule has 0 radical (unpaired) electrons. The molecule has 0 bridgehead atoms. The highest BCUT2D eigenvalue weighted by molar-refractivity contribution is 5.30. The predicted octanol–water partition coefficient (Wildman–Crippen LogP) is 3.08. The van der Waals surface area contributed by atoms with Gasteiger partial charge in [-0.15, -0.1) is 0 Å². The van der Waals surface area contributed by atoms with Gasteiger partial charge in [-0.3, -0.25) is 4.68 Å². The summed E-state index contributed by atoms with van der Waals surface area (Å²) >= 11 is 0. The van der Waals surface area contributed by atoms with Gasteiger partial charge in [0.2, 0.25) is 0 Å². The van der Waals surface area contributed by atoms with Gasteiger partial charge in [0, 0.05) is 6.20 Å². The van der Waals surface area contributed by atoms with Crippen molar-refractivity contribution < 1.29 is 4.74 Å². The Bertz CT molecular complexity index is 468. The molecule has 2 rings (SSSR count). The second-order valence-electron chi connectivity index (χ2n) is 4.90. The maximum atomic E-state index is 5.49. The molecule has 1 atom stereocenters. The number of hydrogen-bond acceptors (Lipinski definition) is 2. The van der Waals surface area contributed by atoms with E-state index in [9.17, 15) is 0 Å². The maximum absolute atomic E-state index is 5.49. The summed E-state index contributed by atoms with van der Waals surface area (Å²) in [6.45, 7) is 7.29. The summed E-state index contributed by atoms with van der Waals surface area (Å²) in [5, 5.41) is 4.34. The number of aromatic nitrogens is 2. The third-order valence-corrected chi connectivity index (χ3v) is 3.23. The van der Waals surface area contributed by atoms with Crippen molar-refractivity contribution in [2.24, 2.45) is 5.92 Å². The van der Waals surface area contributed by atoms with Crippen LogP contribution in [0.2, 0.25) is 0 Å². The van der Waals surface area contributed by atoms with Crippen LogP contribution in [-0.4, -0.2) is 16.9 Å². The summed E-state index contributed by atoms with van der Waals surface area (Å²) in [6.07, 6.45) is 7.22. The predicted molar refractivity (Wildman–Crippen MR) is 68.5 cm³/mol. The first kappa shape index (κ1) is 12.0. The Morgan fingerprint density at radius 1 is 1.47 bits per heavy atom. The summed E-state index contributed by atoms with van der Waals surface area (Å²) in [7, 11) is 1.74. The summed E-state index contributed by atoms with van der Waals surface area (Å²) in [5.74, 6) is 1.54. The SMILES string of the molecule is COC1=C(Cn2cc(C)cn2)C(C)CC(C)=C1. The molecule has 3 heteroatoms. The van der Waals surface area contributed by atoms with Crippen LogP contribution in [0.25, 0.3) is 0 Å². The van der Waals surface area contributed by atoms with Gasteiger partial charge < -0.3 is 4.74 Å². The van der Waals surface area contributed by atoms with Crippen LogP contribution in [0.3, 0.4) is 0 Å². The lowest BCUT2D eigenvalue weighted by atomic mass is 9.88. The van der Waals surface area contributed by atoms with E-state index in [-0.39, 0.29) is 0 Å². The zero-order valence-corrected chi connectivity index (χ0v) is 11.0. The van der Waals surface area contributed by atoms with Crippen molar-refractivity contribution in [2.45, 2.75) is 33.7 Å². The first-order valence-corrected chi connectivity index (χ1v) is 6.03. The standard InChI is InChI=1S/C14H20N2O/c1-10-5-12(3)13(14(6-10)17-4)9-16-8-11(2)7-15-16/h6-8,12H,5,9H2,1-4H3. The Morgan fingerprint density at radius 3 is 2.82 bits per heavy atom. The molecule has 1 aromatic heterocycles. The number of rotatable bonds is 3. The summed E-state index contributed by atoms with van der Waals surface area (Å²) in [4.78, 5) is 0. The van der Waals surface area contributed by atoms with Gasteiger partial charge in [0.05, 0.1) is 19.9 Å². The third kappa shape index (κ3) is 2.60. The van der Waals surface area contributed by atoms with E-state index in [0.29, 0.717) is 5.92 Å². The van der Waals surface area contributed by atoms with E-state index in [1.807, 2.05) is 10.9 Å². The Hall–Kier alpha value is -1.51.